The van der Waals surface area contributed by atoms with Gasteiger partial charge in [-0.25, -0.2) is 13.1 Å². The summed E-state index contributed by atoms with van der Waals surface area (Å²) in [5.74, 6) is 1.13. The van der Waals surface area contributed by atoms with E-state index in [2.05, 4.69) is 4.72 Å². The van der Waals surface area contributed by atoms with Gasteiger partial charge in [-0.2, -0.15) is 5.26 Å². The lowest BCUT2D eigenvalue weighted by Crippen LogP contribution is -2.27. The maximum Gasteiger partial charge on any atom is 0.242 e. The van der Waals surface area contributed by atoms with Gasteiger partial charge in [0.1, 0.15) is 17.6 Å². The van der Waals surface area contributed by atoms with Crippen LogP contribution in [0.15, 0.2) is 47.4 Å². The van der Waals surface area contributed by atoms with Crippen LogP contribution in [0.4, 0.5) is 0 Å². The van der Waals surface area contributed by atoms with Gasteiger partial charge in [0.2, 0.25) is 10.0 Å². The summed E-state index contributed by atoms with van der Waals surface area (Å²) in [6.07, 6.45) is 0. The Morgan fingerprint density at radius 2 is 1.83 bits per heavy atom. The lowest BCUT2D eigenvalue weighted by Gasteiger charge is -2.18. The summed E-state index contributed by atoms with van der Waals surface area (Å²) in [5.41, 5.74) is 0.727. The topological polar surface area (TPSA) is 88.4 Å². The fraction of sp³-hybridized carbons (Fsp3) is 0.235. The Labute approximate surface area is 141 Å². The Hall–Kier alpha value is -2.56. The minimum atomic E-state index is -3.86. The van der Waals surface area contributed by atoms with Crippen LogP contribution in [-0.4, -0.2) is 22.6 Å². The molecule has 0 saturated heterocycles. The maximum atomic E-state index is 12.6. The molecule has 24 heavy (non-hydrogen) atoms. The van der Waals surface area contributed by atoms with E-state index in [1.807, 2.05) is 6.07 Å². The molecule has 2 aromatic rings. The van der Waals surface area contributed by atoms with Crippen molar-refractivity contribution in [3.8, 4) is 17.6 Å². The lowest BCUT2D eigenvalue weighted by atomic mass is 10.1. The van der Waals surface area contributed by atoms with E-state index in [4.69, 9.17) is 14.7 Å². The molecule has 1 atom stereocenters. The summed E-state index contributed by atoms with van der Waals surface area (Å²) in [6.45, 7) is 1.70. The summed E-state index contributed by atoms with van der Waals surface area (Å²) in [4.78, 5) is -0.0544. The molecule has 1 N–H and O–H groups in total. The minimum absolute atomic E-state index is 0.0544. The van der Waals surface area contributed by atoms with Crippen molar-refractivity contribution in [2.45, 2.75) is 17.9 Å². The highest BCUT2D eigenvalue weighted by Crippen LogP contribution is 2.30. The van der Waals surface area contributed by atoms with Crippen molar-refractivity contribution >= 4 is 10.0 Å². The van der Waals surface area contributed by atoms with E-state index < -0.39 is 16.1 Å². The zero-order chi connectivity index (χ0) is 17.7. The first-order chi connectivity index (χ1) is 11.4. The smallest absolute Gasteiger partial charge is 0.242 e. The average Bonchev–Trinajstić information content (AvgIpc) is 2.60. The summed E-state index contributed by atoms with van der Waals surface area (Å²) < 4.78 is 38.3. The van der Waals surface area contributed by atoms with Crippen molar-refractivity contribution in [1.29, 1.82) is 5.26 Å². The van der Waals surface area contributed by atoms with Crippen LogP contribution < -0.4 is 14.2 Å². The second-order valence-corrected chi connectivity index (χ2v) is 6.74. The van der Waals surface area contributed by atoms with Crippen molar-refractivity contribution in [2.75, 3.05) is 14.2 Å². The fourth-order valence-electron chi connectivity index (χ4n) is 2.33. The molecule has 0 radical (unpaired) electrons. The Balaban J connectivity index is 2.38. The molecule has 0 aliphatic carbocycles. The molecule has 0 fully saturated rings. The first-order valence-electron chi connectivity index (χ1n) is 7.16. The molecule has 0 bridgehead atoms. The number of hydrogen-bond donors (Lipinski definition) is 1. The van der Waals surface area contributed by atoms with Crippen molar-refractivity contribution in [2.24, 2.45) is 0 Å². The largest absolute Gasteiger partial charge is 0.497 e. The molecule has 0 spiro atoms. The second kappa shape index (κ2) is 7.34. The zero-order valence-electron chi connectivity index (χ0n) is 13.6. The SMILES string of the molecule is COc1ccc(OC)c([C@@H](C)NS(=O)(=O)c2ccccc2C#N)c1. The lowest BCUT2D eigenvalue weighted by molar-refractivity contribution is 0.395. The van der Waals surface area contributed by atoms with E-state index in [0.29, 0.717) is 17.1 Å². The molecule has 126 valence electrons. The van der Waals surface area contributed by atoms with Crippen LogP contribution in [0.25, 0.3) is 0 Å². The van der Waals surface area contributed by atoms with E-state index in [9.17, 15) is 8.42 Å². The predicted molar refractivity (Wildman–Crippen MR) is 89.4 cm³/mol. The molecule has 6 nitrogen and oxygen atoms in total. The third-order valence-corrected chi connectivity index (χ3v) is 5.13. The van der Waals surface area contributed by atoms with Crippen LogP contribution in [0.1, 0.15) is 24.1 Å². The number of nitriles is 1. The first-order valence-corrected chi connectivity index (χ1v) is 8.64. The van der Waals surface area contributed by atoms with Crippen LogP contribution in [0, 0.1) is 11.3 Å². The predicted octanol–water partition coefficient (Wildman–Crippen LogP) is 2.61. The van der Waals surface area contributed by atoms with Crippen molar-refractivity contribution in [1.82, 2.24) is 4.72 Å². The highest BCUT2D eigenvalue weighted by atomic mass is 32.2. The van der Waals surface area contributed by atoms with Crippen LogP contribution >= 0.6 is 0 Å². The third-order valence-electron chi connectivity index (χ3n) is 3.53. The zero-order valence-corrected chi connectivity index (χ0v) is 14.4. The molecule has 2 aromatic carbocycles. The van der Waals surface area contributed by atoms with Gasteiger partial charge >= 0.3 is 0 Å². The summed E-state index contributed by atoms with van der Waals surface area (Å²) >= 11 is 0. The summed E-state index contributed by atoms with van der Waals surface area (Å²) in [6, 6.07) is 12.5. The molecule has 7 heteroatoms. The van der Waals surface area contributed by atoms with Gasteiger partial charge in [0.15, 0.2) is 0 Å². The Kier molecular flexibility index (Phi) is 5.44. The number of sulfonamides is 1. The molecule has 0 aliphatic rings. The van der Waals surface area contributed by atoms with E-state index in [-0.39, 0.29) is 10.5 Å². The molecule has 0 heterocycles. The third kappa shape index (κ3) is 3.67. The van der Waals surface area contributed by atoms with Gasteiger partial charge in [0.25, 0.3) is 0 Å². The maximum absolute atomic E-state index is 12.6. The van der Waals surface area contributed by atoms with Gasteiger partial charge in [-0.3, -0.25) is 0 Å². The van der Waals surface area contributed by atoms with Crippen LogP contribution in [-0.2, 0) is 10.0 Å². The molecule has 0 saturated carbocycles. The first kappa shape index (κ1) is 17.8. The highest BCUT2D eigenvalue weighted by Gasteiger charge is 2.23. The number of nitrogens with zero attached hydrogens (tertiary/aromatic N) is 1. The van der Waals surface area contributed by atoms with Crippen molar-refractivity contribution < 1.29 is 17.9 Å². The van der Waals surface area contributed by atoms with Gasteiger partial charge in [0.05, 0.1) is 24.7 Å². The quantitative estimate of drug-likeness (QED) is 0.868. The molecule has 0 unspecified atom stereocenters. The van der Waals surface area contributed by atoms with E-state index in [0.717, 1.165) is 0 Å². The Morgan fingerprint density at radius 3 is 2.46 bits per heavy atom. The van der Waals surface area contributed by atoms with Gasteiger partial charge < -0.3 is 9.47 Å². The number of benzene rings is 2. The number of nitrogens with one attached hydrogen (secondary N) is 1. The molecule has 0 aromatic heterocycles. The molecule has 0 aliphatic heterocycles. The number of ether oxygens (including phenoxy) is 2. The number of methoxy groups -OCH3 is 2. The highest BCUT2D eigenvalue weighted by molar-refractivity contribution is 7.89. The monoisotopic (exact) mass is 346 g/mol. The molecule has 2 rings (SSSR count). The van der Waals surface area contributed by atoms with Crippen molar-refractivity contribution in [3.63, 3.8) is 0 Å². The van der Waals surface area contributed by atoms with Gasteiger partial charge in [-0.05, 0) is 37.3 Å². The number of hydrogen-bond acceptors (Lipinski definition) is 5. The van der Waals surface area contributed by atoms with Gasteiger partial charge in [0, 0.05) is 11.6 Å². The van der Waals surface area contributed by atoms with Crippen LogP contribution in [0.5, 0.6) is 11.5 Å². The summed E-state index contributed by atoms with van der Waals surface area (Å²) in [7, 11) is -0.821. The normalized spacial score (nSPS) is 12.2. The summed E-state index contributed by atoms with van der Waals surface area (Å²) in [5, 5.41) is 9.10. The van der Waals surface area contributed by atoms with Crippen LogP contribution in [0.3, 0.4) is 0 Å². The molecular formula is C17H18N2O4S. The van der Waals surface area contributed by atoms with E-state index in [1.54, 1.807) is 37.3 Å². The van der Waals surface area contributed by atoms with Crippen molar-refractivity contribution in [3.05, 3.63) is 53.6 Å². The van der Waals surface area contributed by atoms with E-state index in [1.165, 1.54) is 26.4 Å². The minimum Gasteiger partial charge on any atom is -0.497 e. The van der Waals surface area contributed by atoms with Crippen LogP contribution in [0.2, 0.25) is 0 Å². The second-order valence-electron chi connectivity index (χ2n) is 5.06. The standard InChI is InChI=1S/C17H18N2O4S/c1-12(15-10-14(22-2)8-9-16(15)23-3)19-24(20,21)17-7-5-4-6-13(17)11-18/h4-10,12,19H,1-3H3/t12-/m1/s1. The fourth-order valence-corrected chi connectivity index (χ4v) is 3.71. The number of rotatable bonds is 6. The molecular weight excluding hydrogens is 328 g/mol. The van der Waals surface area contributed by atoms with E-state index >= 15 is 0 Å². The van der Waals surface area contributed by atoms with Gasteiger partial charge in [-0.15, -0.1) is 0 Å². The van der Waals surface area contributed by atoms with Gasteiger partial charge in [-0.1, -0.05) is 12.1 Å². The molecule has 0 amide bonds. The average molecular weight is 346 g/mol. The Bertz CT molecular complexity index is 872. The Morgan fingerprint density at radius 1 is 1.12 bits per heavy atom.